The zero-order valence-corrected chi connectivity index (χ0v) is 20.6. The van der Waals surface area contributed by atoms with Gasteiger partial charge in [0.15, 0.2) is 0 Å². The second kappa shape index (κ2) is 21.5. The summed E-state index contributed by atoms with van der Waals surface area (Å²) in [4.78, 5) is 0. The van der Waals surface area contributed by atoms with Gasteiger partial charge < -0.3 is 33.6 Å². The molecule has 0 amide bonds. The number of hydrogen-bond donors (Lipinski definition) is 2. The van der Waals surface area contributed by atoms with E-state index in [-0.39, 0.29) is 0 Å². The molecule has 0 saturated carbocycles. The normalized spacial score (nSPS) is 11.3. The zero-order chi connectivity index (χ0) is 20.9. The minimum Gasteiger partial charge on any atom is -0.398 e. The average molecular weight is 415 g/mol. The van der Waals surface area contributed by atoms with Crippen LogP contribution in [-0.2, 0) is 22.1 Å². The molecule has 0 fully saturated rings. The molecule has 26 heavy (non-hydrogen) atoms. The molecule has 0 radical (unpaired) electrons. The molecule has 0 spiro atoms. The molecule has 0 heterocycles. The Hall–Kier alpha value is 0.154. The molecule has 0 unspecified atom stereocenters. The van der Waals surface area contributed by atoms with Crippen molar-refractivity contribution >= 4 is 17.4 Å². The Labute approximate surface area is 164 Å². The lowest BCUT2D eigenvalue weighted by molar-refractivity contribution is 0.0710. The maximum atomic E-state index is 5.65. The van der Waals surface area contributed by atoms with Crippen molar-refractivity contribution in [3.05, 3.63) is 0 Å². The first kappa shape index (κ1) is 30.9. The smallest absolute Gasteiger partial charge is 0.398 e. The number of hydrogen-bond acceptors (Lipinski definition) is 7. The fourth-order valence-corrected chi connectivity index (χ4v) is 6.09. The maximum absolute atomic E-state index is 5.65. The molecule has 9 heteroatoms. The van der Waals surface area contributed by atoms with Gasteiger partial charge in [-0.2, -0.15) is 0 Å². The van der Waals surface area contributed by atoms with Crippen LogP contribution < -0.4 is 11.5 Å². The van der Waals surface area contributed by atoms with E-state index in [2.05, 4.69) is 0 Å². The maximum Gasteiger partial charge on any atom is 0.500 e. The van der Waals surface area contributed by atoms with Gasteiger partial charge in [-0.05, 0) is 59.3 Å². The predicted octanol–water partition coefficient (Wildman–Crippen LogP) is 3.11. The van der Waals surface area contributed by atoms with Gasteiger partial charge in [0, 0.05) is 40.1 Å². The van der Waals surface area contributed by atoms with Crippen LogP contribution in [0, 0.1) is 0 Å². The van der Waals surface area contributed by atoms with Gasteiger partial charge in [-0.1, -0.05) is 13.8 Å². The van der Waals surface area contributed by atoms with Crippen LogP contribution in [0.2, 0.25) is 18.6 Å². The molecular formula is C17H46N2O5Si2. The molecule has 0 aromatic heterocycles. The Morgan fingerprint density at radius 1 is 0.692 bits per heavy atom. The summed E-state index contributed by atoms with van der Waals surface area (Å²) in [5, 5.41) is 0. The second-order valence-corrected chi connectivity index (χ2v) is 11.6. The van der Waals surface area contributed by atoms with Gasteiger partial charge in [0.1, 0.15) is 0 Å². The van der Waals surface area contributed by atoms with E-state index >= 15 is 0 Å². The van der Waals surface area contributed by atoms with E-state index in [9.17, 15) is 0 Å². The SMILES string of the molecule is CC.CCO[Si](CCCN)(OCC)OCC.CO[Si](C)(CCCN)OC. The van der Waals surface area contributed by atoms with Gasteiger partial charge in [-0.15, -0.1) is 0 Å². The minimum absolute atomic E-state index is 0.636. The molecule has 7 nitrogen and oxygen atoms in total. The highest BCUT2D eigenvalue weighted by Crippen LogP contribution is 2.17. The van der Waals surface area contributed by atoms with Crippen molar-refractivity contribution in [2.45, 2.75) is 66.1 Å². The molecule has 162 valence electrons. The topological polar surface area (TPSA) is 98.2 Å². The van der Waals surface area contributed by atoms with Gasteiger partial charge >= 0.3 is 17.4 Å². The summed E-state index contributed by atoms with van der Waals surface area (Å²) in [5.74, 6) is 0. The van der Waals surface area contributed by atoms with Crippen LogP contribution in [0.15, 0.2) is 0 Å². The summed E-state index contributed by atoms with van der Waals surface area (Å²) in [7, 11) is -0.794. The first-order valence-electron chi connectivity index (χ1n) is 9.85. The molecule has 0 aliphatic rings. The molecular weight excluding hydrogens is 368 g/mol. The molecule has 0 aromatic carbocycles. The largest absolute Gasteiger partial charge is 0.500 e. The Kier molecular flexibility index (Phi) is 25.5. The lowest BCUT2D eigenvalue weighted by atomic mass is 10.5. The summed E-state index contributed by atoms with van der Waals surface area (Å²) in [6, 6.07) is 1.80. The van der Waals surface area contributed by atoms with E-state index in [0.717, 1.165) is 31.5 Å². The molecule has 0 aliphatic carbocycles. The lowest BCUT2D eigenvalue weighted by Crippen LogP contribution is -2.46. The quantitative estimate of drug-likeness (QED) is 0.421. The fraction of sp³-hybridized carbons (Fsp3) is 1.00. The standard InChI is InChI=1S/C9H23NO3Si.C6H17NO2Si.C2H6/c1-4-11-14(12-5-2,13-6-3)9-7-8-10;1-8-10(3,9-2)6-4-5-7;1-2/h4-10H2,1-3H3;4-7H2,1-3H3;1-2H3. The first-order valence-corrected chi connectivity index (χ1v) is 14.3. The van der Waals surface area contributed by atoms with Gasteiger partial charge in [0.25, 0.3) is 0 Å². The van der Waals surface area contributed by atoms with Crippen LogP contribution >= 0.6 is 0 Å². The third kappa shape index (κ3) is 16.3. The summed E-state index contributed by atoms with van der Waals surface area (Å²) in [5.41, 5.74) is 10.8. The Morgan fingerprint density at radius 2 is 1.04 bits per heavy atom. The van der Waals surface area contributed by atoms with Crippen LogP contribution in [-0.4, -0.2) is 64.5 Å². The van der Waals surface area contributed by atoms with E-state index in [1.165, 1.54) is 0 Å². The van der Waals surface area contributed by atoms with E-state index in [1.54, 1.807) is 14.2 Å². The van der Waals surface area contributed by atoms with Crippen LogP contribution in [0.4, 0.5) is 0 Å². The molecule has 0 aliphatic heterocycles. The van der Waals surface area contributed by atoms with Crippen molar-refractivity contribution in [3.63, 3.8) is 0 Å². The van der Waals surface area contributed by atoms with Crippen LogP contribution in [0.3, 0.4) is 0 Å². The van der Waals surface area contributed by atoms with Crippen molar-refractivity contribution in [2.24, 2.45) is 11.5 Å². The van der Waals surface area contributed by atoms with Gasteiger partial charge in [-0.25, -0.2) is 0 Å². The highest BCUT2D eigenvalue weighted by atomic mass is 28.4. The van der Waals surface area contributed by atoms with Gasteiger partial charge in [0.2, 0.25) is 0 Å². The highest BCUT2D eigenvalue weighted by Gasteiger charge is 2.39. The molecule has 0 rings (SSSR count). The Bertz CT molecular complexity index is 257. The van der Waals surface area contributed by atoms with Crippen molar-refractivity contribution in [1.29, 1.82) is 0 Å². The van der Waals surface area contributed by atoms with E-state index in [4.69, 9.17) is 33.6 Å². The summed E-state index contributed by atoms with van der Waals surface area (Å²) < 4.78 is 27.5. The van der Waals surface area contributed by atoms with Gasteiger partial charge in [-0.3, -0.25) is 0 Å². The van der Waals surface area contributed by atoms with E-state index < -0.39 is 17.4 Å². The molecule has 0 saturated heterocycles. The van der Waals surface area contributed by atoms with Crippen LogP contribution in [0.5, 0.6) is 0 Å². The molecule has 4 N–H and O–H groups in total. The molecule has 0 atom stereocenters. The first-order chi connectivity index (χ1) is 12.4. The third-order valence-corrected chi connectivity index (χ3v) is 9.62. The van der Waals surface area contributed by atoms with Crippen molar-refractivity contribution in [2.75, 3.05) is 47.1 Å². The lowest BCUT2D eigenvalue weighted by Gasteiger charge is -2.28. The van der Waals surface area contributed by atoms with Crippen LogP contribution in [0.1, 0.15) is 47.5 Å². The van der Waals surface area contributed by atoms with Crippen molar-refractivity contribution in [3.8, 4) is 0 Å². The van der Waals surface area contributed by atoms with E-state index in [0.29, 0.717) is 26.4 Å². The number of nitrogens with two attached hydrogens (primary N) is 2. The number of rotatable bonds is 14. The monoisotopic (exact) mass is 414 g/mol. The minimum atomic E-state index is -2.40. The summed E-state index contributed by atoms with van der Waals surface area (Å²) >= 11 is 0. The third-order valence-electron chi connectivity index (χ3n) is 3.48. The Balaban J connectivity index is -0.000000388. The average Bonchev–Trinajstić information content (AvgIpc) is 2.67. The fourth-order valence-electron chi connectivity index (χ4n) is 2.03. The molecule has 0 aromatic rings. The van der Waals surface area contributed by atoms with E-state index in [1.807, 2.05) is 41.2 Å². The second-order valence-electron chi connectivity index (χ2n) is 5.31. The van der Waals surface area contributed by atoms with Crippen molar-refractivity contribution in [1.82, 2.24) is 0 Å². The Morgan fingerprint density at radius 3 is 1.31 bits per heavy atom. The highest BCUT2D eigenvalue weighted by molar-refractivity contribution is 6.65. The zero-order valence-electron chi connectivity index (χ0n) is 18.6. The predicted molar refractivity (Wildman–Crippen MR) is 115 cm³/mol. The van der Waals surface area contributed by atoms with Crippen LogP contribution in [0.25, 0.3) is 0 Å². The summed E-state index contributed by atoms with van der Waals surface area (Å²) in [6.45, 7) is 15.2. The molecule has 0 bridgehead atoms. The summed E-state index contributed by atoms with van der Waals surface area (Å²) in [6.07, 6.45) is 1.89. The van der Waals surface area contributed by atoms with Crippen molar-refractivity contribution < 1.29 is 22.1 Å². The van der Waals surface area contributed by atoms with Gasteiger partial charge in [0.05, 0.1) is 0 Å².